The second-order valence-electron chi connectivity index (χ2n) is 15.9. The predicted molar refractivity (Wildman–Crippen MR) is 265 cm³/mol. The minimum Gasteiger partial charge on any atom is -0.345 e. The normalized spacial score (nSPS) is 12.7. The van der Waals surface area contributed by atoms with Gasteiger partial charge in [0.2, 0.25) is 0 Å². The van der Waals surface area contributed by atoms with Crippen LogP contribution < -0.4 is 10.6 Å². The minimum atomic E-state index is -3.44. The van der Waals surface area contributed by atoms with E-state index in [-0.39, 0.29) is 35.4 Å². The lowest BCUT2D eigenvalue weighted by Gasteiger charge is -2.21. The Morgan fingerprint density at radius 2 is 0.892 bits per heavy atom. The van der Waals surface area contributed by atoms with Crippen molar-refractivity contribution < 1.29 is 22.2 Å². The van der Waals surface area contributed by atoms with Crippen molar-refractivity contribution in [3.8, 4) is 22.5 Å². The fourth-order valence-corrected chi connectivity index (χ4v) is 9.60. The van der Waals surface area contributed by atoms with Crippen molar-refractivity contribution >= 4 is 54.3 Å². The summed E-state index contributed by atoms with van der Waals surface area (Å²) in [5.41, 5.74) is 8.40. The first-order valence-corrected chi connectivity index (χ1v) is 25.4. The molecule has 330 valence electrons. The molecule has 9 nitrogen and oxygen atoms in total. The van der Waals surface area contributed by atoms with Crippen LogP contribution in [0.1, 0.15) is 81.7 Å². The number of hydrogen-bond donors (Lipinski definition) is 2. The molecule has 2 N–H and O–H groups in total. The van der Waals surface area contributed by atoms with Gasteiger partial charge in [0.25, 0.3) is 11.8 Å². The van der Waals surface area contributed by atoms with E-state index in [0.29, 0.717) is 45.4 Å². The highest BCUT2D eigenvalue weighted by atomic mass is 32.2. The highest BCUT2D eigenvalue weighted by Gasteiger charge is 2.27. The Kier molecular flexibility index (Phi) is 15.1. The molecule has 1 unspecified atom stereocenters. The molecule has 0 saturated carbocycles. The number of amides is 2. The molecule has 0 aliphatic heterocycles. The standard InChI is InChI=1S/C27H26N2O3S.C27H26N2O2S/c1-3-23(19-12-6-4-7-13-19)29-27(30)25-21-16-10-11-17-24(21)28-26(20-14-8-5-9-15-20)22(25)18-33(2,31)32;1-3-23(19-12-6-4-7-13-19)29-27(30)25-21-16-10-11-17-24(21)28-26(22(25)18-32(2)31)20-14-8-5-9-15-20/h4-17,23H,3,18H2,1-2H3,(H,29,30);4-17,23H,3,18H2,1-2H3,(H,29,30)/t23-;23-,32?/m00/s1. The molecule has 0 aliphatic carbocycles. The number of benzene rings is 6. The summed E-state index contributed by atoms with van der Waals surface area (Å²) in [6.45, 7) is 4.06. The largest absolute Gasteiger partial charge is 0.345 e. The Morgan fingerprint density at radius 3 is 1.28 bits per heavy atom. The van der Waals surface area contributed by atoms with Gasteiger partial charge in [0, 0.05) is 56.3 Å². The molecule has 0 radical (unpaired) electrons. The third kappa shape index (κ3) is 11.3. The summed E-state index contributed by atoms with van der Waals surface area (Å²) >= 11 is 0. The van der Waals surface area contributed by atoms with E-state index in [1.807, 2.05) is 177 Å². The topological polar surface area (TPSA) is 135 Å². The van der Waals surface area contributed by atoms with Gasteiger partial charge >= 0.3 is 0 Å². The van der Waals surface area contributed by atoms with E-state index < -0.39 is 20.6 Å². The quantitative estimate of drug-likeness (QED) is 0.111. The van der Waals surface area contributed by atoms with Crippen LogP contribution in [0, 0.1) is 0 Å². The SMILES string of the molecule is CC[C@H](NC(=O)c1c(CS(C)(=O)=O)c(-c2ccccc2)nc2ccccc12)c1ccccc1.CC[C@H](NC(=O)c1c(CS(C)=O)c(-c2ccccc2)nc2ccccc12)c1ccccc1. The van der Waals surface area contributed by atoms with Crippen molar-refractivity contribution in [1.82, 2.24) is 20.6 Å². The van der Waals surface area contributed by atoms with Crippen molar-refractivity contribution in [1.29, 1.82) is 0 Å². The lowest BCUT2D eigenvalue weighted by Crippen LogP contribution is -2.30. The molecule has 0 aliphatic rings. The Balaban J connectivity index is 0.000000194. The highest BCUT2D eigenvalue weighted by molar-refractivity contribution is 7.89. The molecule has 0 bridgehead atoms. The highest BCUT2D eigenvalue weighted by Crippen LogP contribution is 2.34. The summed E-state index contributed by atoms with van der Waals surface area (Å²) in [6, 6.07) is 53.6. The summed E-state index contributed by atoms with van der Waals surface area (Å²) in [7, 11) is -4.58. The monoisotopic (exact) mass is 900 g/mol. The maximum absolute atomic E-state index is 13.8. The van der Waals surface area contributed by atoms with Crippen molar-refractivity contribution in [3.63, 3.8) is 0 Å². The first-order valence-electron chi connectivity index (χ1n) is 21.6. The zero-order valence-corrected chi connectivity index (χ0v) is 38.5. The molecule has 2 aromatic heterocycles. The van der Waals surface area contributed by atoms with Crippen LogP contribution in [0.4, 0.5) is 0 Å². The van der Waals surface area contributed by atoms with Crippen molar-refractivity contribution in [2.24, 2.45) is 0 Å². The second kappa shape index (κ2) is 21.2. The third-order valence-electron chi connectivity index (χ3n) is 11.1. The van der Waals surface area contributed by atoms with E-state index in [4.69, 9.17) is 9.97 Å². The van der Waals surface area contributed by atoms with E-state index in [0.717, 1.165) is 45.1 Å². The van der Waals surface area contributed by atoms with Gasteiger partial charge in [-0.25, -0.2) is 18.4 Å². The number of pyridine rings is 2. The number of sulfone groups is 1. The van der Waals surface area contributed by atoms with Gasteiger partial charge in [0.15, 0.2) is 9.84 Å². The van der Waals surface area contributed by atoms with Crippen LogP contribution in [0.2, 0.25) is 0 Å². The van der Waals surface area contributed by atoms with Gasteiger partial charge < -0.3 is 10.6 Å². The smallest absolute Gasteiger partial charge is 0.252 e. The zero-order chi connectivity index (χ0) is 45.9. The van der Waals surface area contributed by atoms with Crippen molar-refractivity contribution in [2.75, 3.05) is 12.5 Å². The van der Waals surface area contributed by atoms with Crippen molar-refractivity contribution in [2.45, 2.75) is 50.3 Å². The van der Waals surface area contributed by atoms with Gasteiger partial charge in [-0.15, -0.1) is 0 Å². The average Bonchev–Trinajstić information content (AvgIpc) is 3.32. The lowest BCUT2D eigenvalue weighted by molar-refractivity contribution is 0.0928. The average molecular weight is 901 g/mol. The van der Waals surface area contributed by atoms with E-state index in [1.54, 1.807) is 6.26 Å². The molecular weight excluding hydrogens is 849 g/mol. The number of carbonyl (C=O) groups excluding carboxylic acids is 2. The van der Waals surface area contributed by atoms with Crippen molar-refractivity contribution in [3.05, 3.63) is 203 Å². The van der Waals surface area contributed by atoms with Gasteiger partial charge in [-0.1, -0.05) is 172 Å². The summed E-state index contributed by atoms with van der Waals surface area (Å²) in [5.74, 6) is -0.496. The number of nitrogens with one attached hydrogen (secondary N) is 2. The molecule has 8 aromatic rings. The Hall–Kier alpha value is -6.82. The van der Waals surface area contributed by atoms with Gasteiger partial charge in [-0.3, -0.25) is 13.8 Å². The first-order chi connectivity index (χ1) is 31.5. The van der Waals surface area contributed by atoms with E-state index in [1.165, 1.54) is 6.26 Å². The molecule has 3 atom stereocenters. The number of aromatic nitrogens is 2. The molecule has 0 saturated heterocycles. The molecule has 11 heteroatoms. The van der Waals surface area contributed by atoms with Gasteiger partial charge in [0.05, 0.1) is 57.1 Å². The van der Waals surface area contributed by atoms with E-state index in [2.05, 4.69) is 17.6 Å². The Morgan fingerprint density at radius 1 is 0.538 bits per heavy atom. The fraction of sp³-hybridized carbons (Fsp3) is 0.185. The number of nitrogens with zero attached hydrogens (tertiary/aromatic N) is 2. The number of carbonyl (C=O) groups is 2. The van der Waals surface area contributed by atoms with Crippen LogP contribution in [-0.4, -0.2) is 46.9 Å². The van der Waals surface area contributed by atoms with Crippen LogP contribution in [0.15, 0.2) is 170 Å². The number of para-hydroxylation sites is 2. The second-order valence-corrected chi connectivity index (χ2v) is 19.4. The van der Waals surface area contributed by atoms with Crippen LogP contribution in [0.3, 0.4) is 0 Å². The van der Waals surface area contributed by atoms with E-state index >= 15 is 0 Å². The summed E-state index contributed by atoms with van der Waals surface area (Å²) in [4.78, 5) is 37.2. The zero-order valence-electron chi connectivity index (χ0n) is 36.9. The summed E-state index contributed by atoms with van der Waals surface area (Å²) in [6.07, 6.45) is 4.30. The first kappa shape index (κ1) is 46.2. The summed E-state index contributed by atoms with van der Waals surface area (Å²) < 4.78 is 37.2. The maximum atomic E-state index is 13.8. The van der Waals surface area contributed by atoms with Gasteiger partial charge in [-0.05, 0) is 36.1 Å². The van der Waals surface area contributed by atoms with E-state index in [9.17, 15) is 22.2 Å². The van der Waals surface area contributed by atoms with Gasteiger partial charge in [0.1, 0.15) is 0 Å². The molecule has 0 spiro atoms. The molecule has 2 heterocycles. The Bertz CT molecular complexity index is 3060. The Labute approximate surface area is 383 Å². The number of rotatable bonds is 14. The molecule has 0 fully saturated rings. The third-order valence-corrected chi connectivity index (χ3v) is 12.6. The van der Waals surface area contributed by atoms with Gasteiger partial charge in [-0.2, -0.15) is 0 Å². The fourth-order valence-electron chi connectivity index (χ4n) is 8.11. The molecule has 6 aromatic carbocycles. The van der Waals surface area contributed by atoms with Crippen LogP contribution in [-0.2, 0) is 32.1 Å². The minimum absolute atomic E-state index is 0.115. The van der Waals surface area contributed by atoms with Crippen LogP contribution in [0.25, 0.3) is 44.3 Å². The maximum Gasteiger partial charge on any atom is 0.252 e. The predicted octanol–water partition coefficient (Wildman–Crippen LogP) is 11.0. The summed E-state index contributed by atoms with van der Waals surface area (Å²) in [5, 5.41) is 7.76. The van der Waals surface area contributed by atoms with Crippen LogP contribution >= 0.6 is 0 Å². The number of fused-ring (bicyclic) bond motifs is 2. The number of hydrogen-bond acceptors (Lipinski definition) is 7. The lowest BCUT2D eigenvalue weighted by atomic mass is 9.96. The van der Waals surface area contributed by atoms with Crippen LogP contribution in [0.5, 0.6) is 0 Å². The molecule has 2 amide bonds. The molecular formula is C54H52N4O5S2. The molecule has 65 heavy (non-hydrogen) atoms. The molecule has 8 rings (SSSR count).